The molecule has 2 fully saturated rings. The first-order valence-corrected chi connectivity index (χ1v) is 13.1. The van der Waals surface area contributed by atoms with Crippen LogP contribution in [0.4, 0.5) is 11.5 Å². The molecule has 6 rings (SSSR count). The van der Waals surface area contributed by atoms with Crippen LogP contribution in [-0.2, 0) is 13.0 Å². The second-order valence-electron chi connectivity index (χ2n) is 10.0. The number of likely N-dealkylation sites (tertiary alicyclic amines) is 1. The molecule has 1 atom stereocenters. The Kier molecular flexibility index (Phi) is 7.65. The lowest BCUT2D eigenvalue weighted by Crippen LogP contribution is -2.45. The van der Waals surface area contributed by atoms with E-state index in [2.05, 4.69) is 62.4 Å². The molecule has 8 nitrogen and oxygen atoms in total. The zero-order valence-electron chi connectivity index (χ0n) is 21.3. The van der Waals surface area contributed by atoms with E-state index in [-0.39, 0.29) is 12.4 Å². The molecular weight excluding hydrogens is 486 g/mol. The van der Waals surface area contributed by atoms with Crippen molar-refractivity contribution in [3.05, 3.63) is 53.2 Å². The van der Waals surface area contributed by atoms with Gasteiger partial charge in [0.25, 0.3) is 0 Å². The van der Waals surface area contributed by atoms with Crippen LogP contribution in [-0.4, -0.2) is 73.8 Å². The minimum absolute atomic E-state index is 0. The summed E-state index contributed by atoms with van der Waals surface area (Å²) in [4.78, 5) is 16.8. The molecule has 1 N–H and O–H groups in total. The van der Waals surface area contributed by atoms with E-state index in [0.29, 0.717) is 30.6 Å². The number of nitrogens with one attached hydrogen (secondary N) is 1. The Labute approximate surface area is 224 Å². The average Bonchev–Trinajstić information content (AvgIpc) is 3.35. The highest BCUT2D eigenvalue weighted by Gasteiger charge is 2.30. The van der Waals surface area contributed by atoms with Crippen LogP contribution >= 0.6 is 12.4 Å². The van der Waals surface area contributed by atoms with Crippen LogP contribution in [0.15, 0.2) is 36.5 Å². The highest BCUT2D eigenvalue weighted by atomic mass is 35.5. The SMILES string of the molecule is CN1CCCC1COc1nc(N2CCNCC2)c2c(c1C#N)CN(c1cccc3cccnc13)CC2.Cl. The summed E-state index contributed by atoms with van der Waals surface area (Å²) in [5.74, 6) is 1.49. The number of likely N-dealkylation sites (N-methyl/N-ethyl adjacent to an activating group) is 1. The van der Waals surface area contributed by atoms with Gasteiger partial charge >= 0.3 is 0 Å². The summed E-state index contributed by atoms with van der Waals surface area (Å²) < 4.78 is 6.34. The monoisotopic (exact) mass is 519 g/mol. The van der Waals surface area contributed by atoms with Crippen LogP contribution in [0.1, 0.15) is 29.5 Å². The highest BCUT2D eigenvalue weighted by Crippen LogP contribution is 2.37. The number of nitriles is 1. The first-order valence-electron chi connectivity index (χ1n) is 13.1. The molecule has 3 aliphatic heterocycles. The van der Waals surface area contributed by atoms with E-state index in [1.165, 1.54) is 12.0 Å². The Morgan fingerprint density at radius 2 is 1.92 bits per heavy atom. The zero-order valence-corrected chi connectivity index (χ0v) is 22.1. The van der Waals surface area contributed by atoms with Crippen LogP contribution in [0.25, 0.3) is 10.9 Å². The molecule has 37 heavy (non-hydrogen) atoms. The third-order valence-electron chi connectivity index (χ3n) is 7.90. The smallest absolute Gasteiger partial charge is 0.234 e. The van der Waals surface area contributed by atoms with Gasteiger partial charge in [0.15, 0.2) is 0 Å². The lowest BCUT2D eigenvalue weighted by Gasteiger charge is -2.36. The summed E-state index contributed by atoms with van der Waals surface area (Å²) in [7, 11) is 2.15. The molecule has 194 valence electrons. The molecule has 1 unspecified atom stereocenters. The predicted molar refractivity (Wildman–Crippen MR) is 149 cm³/mol. The number of benzene rings is 1. The normalized spacial score (nSPS) is 19.8. The number of hydrogen-bond acceptors (Lipinski definition) is 8. The number of fused-ring (bicyclic) bond motifs is 2. The van der Waals surface area contributed by atoms with Crippen molar-refractivity contribution in [3.63, 3.8) is 0 Å². The maximum Gasteiger partial charge on any atom is 0.234 e. The lowest BCUT2D eigenvalue weighted by molar-refractivity contribution is 0.193. The molecule has 2 aromatic heterocycles. The fraction of sp³-hybridized carbons (Fsp3) is 0.464. The van der Waals surface area contributed by atoms with Crippen LogP contribution in [0.5, 0.6) is 5.88 Å². The van der Waals surface area contributed by atoms with Crippen molar-refractivity contribution in [1.82, 2.24) is 20.2 Å². The first-order chi connectivity index (χ1) is 17.7. The number of ether oxygens (including phenoxy) is 1. The maximum absolute atomic E-state index is 10.3. The second-order valence-corrected chi connectivity index (χ2v) is 10.0. The molecule has 1 aromatic carbocycles. The summed E-state index contributed by atoms with van der Waals surface area (Å²) in [6.07, 6.45) is 5.00. The lowest BCUT2D eigenvalue weighted by atomic mass is 9.95. The molecule has 0 amide bonds. The standard InChI is InChI=1S/C28H33N7O.ClH/c1-33-13-4-7-21(33)19-36-28-23(17-29)24-18-35(25-8-2-5-20-6-3-10-31-26(20)25)14-9-22(24)27(32-28)34-15-11-30-12-16-34;/h2-3,5-6,8,10,21,30H,4,7,9,11-16,18-19H2,1H3;1H. The average molecular weight is 520 g/mol. The summed E-state index contributed by atoms with van der Waals surface area (Å²) in [6, 6.07) is 13.2. The van der Waals surface area contributed by atoms with Crippen LogP contribution in [0.2, 0.25) is 0 Å². The van der Waals surface area contributed by atoms with Gasteiger partial charge in [0.1, 0.15) is 24.1 Å². The quantitative estimate of drug-likeness (QED) is 0.549. The minimum atomic E-state index is 0. The first kappa shape index (κ1) is 25.5. The van der Waals surface area contributed by atoms with Crippen molar-refractivity contribution < 1.29 is 4.74 Å². The van der Waals surface area contributed by atoms with Gasteiger partial charge in [-0.25, -0.2) is 0 Å². The van der Waals surface area contributed by atoms with Gasteiger partial charge in [-0.1, -0.05) is 18.2 Å². The topological polar surface area (TPSA) is 80.5 Å². The number of para-hydroxylation sites is 1. The molecule has 0 bridgehead atoms. The van der Waals surface area contributed by atoms with Gasteiger partial charge in [-0.15, -0.1) is 12.4 Å². The molecule has 3 aromatic rings. The molecule has 3 aliphatic rings. The predicted octanol–water partition coefficient (Wildman–Crippen LogP) is 3.37. The number of rotatable bonds is 5. The van der Waals surface area contributed by atoms with Crippen molar-refractivity contribution in [2.75, 3.05) is 62.7 Å². The summed E-state index contributed by atoms with van der Waals surface area (Å²) in [6.45, 7) is 6.86. The number of hydrogen-bond donors (Lipinski definition) is 1. The van der Waals surface area contributed by atoms with Crippen LogP contribution < -0.4 is 19.9 Å². The molecule has 2 saturated heterocycles. The molecule has 5 heterocycles. The van der Waals surface area contributed by atoms with E-state index in [0.717, 1.165) is 80.1 Å². The van der Waals surface area contributed by atoms with Crippen molar-refractivity contribution in [2.45, 2.75) is 31.8 Å². The fourth-order valence-corrected chi connectivity index (χ4v) is 5.86. The van der Waals surface area contributed by atoms with Crippen LogP contribution in [0.3, 0.4) is 0 Å². The van der Waals surface area contributed by atoms with Gasteiger partial charge in [0.2, 0.25) is 5.88 Å². The number of aromatic nitrogens is 2. The van der Waals surface area contributed by atoms with Crippen molar-refractivity contribution in [2.24, 2.45) is 0 Å². The minimum Gasteiger partial charge on any atom is -0.475 e. The molecule has 9 heteroatoms. The Morgan fingerprint density at radius 1 is 1.08 bits per heavy atom. The Hall–Kier alpha value is -3.12. The van der Waals surface area contributed by atoms with Gasteiger partial charge in [-0.3, -0.25) is 4.98 Å². The van der Waals surface area contributed by atoms with Gasteiger partial charge in [0.05, 0.1) is 11.2 Å². The molecular formula is C28H34ClN7O. The van der Waals surface area contributed by atoms with Gasteiger partial charge in [-0.05, 0) is 45.0 Å². The van der Waals surface area contributed by atoms with E-state index in [1.54, 1.807) is 0 Å². The zero-order chi connectivity index (χ0) is 24.5. The van der Waals surface area contributed by atoms with E-state index >= 15 is 0 Å². The van der Waals surface area contributed by atoms with Crippen molar-refractivity contribution in [3.8, 4) is 11.9 Å². The molecule has 0 spiro atoms. The van der Waals surface area contributed by atoms with Gasteiger partial charge in [-0.2, -0.15) is 10.2 Å². The van der Waals surface area contributed by atoms with Crippen molar-refractivity contribution >= 4 is 34.8 Å². The largest absolute Gasteiger partial charge is 0.475 e. The van der Waals surface area contributed by atoms with Gasteiger partial charge < -0.3 is 24.8 Å². The number of halogens is 1. The summed E-state index contributed by atoms with van der Waals surface area (Å²) >= 11 is 0. The molecule has 0 radical (unpaired) electrons. The number of piperazine rings is 1. The molecule has 0 saturated carbocycles. The number of anilines is 2. The van der Waals surface area contributed by atoms with Crippen LogP contribution in [0, 0.1) is 11.3 Å². The van der Waals surface area contributed by atoms with Gasteiger partial charge in [0, 0.05) is 68.0 Å². The van der Waals surface area contributed by atoms with E-state index in [9.17, 15) is 5.26 Å². The third-order valence-corrected chi connectivity index (χ3v) is 7.90. The summed E-state index contributed by atoms with van der Waals surface area (Å²) in [5.41, 5.74) is 4.94. The maximum atomic E-state index is 10.3. The number of nitrogens with zero attached hydrogens (tertiary/aromatic N) is 6. The van der Waals surface area contributed by atoms with E-state index in [1.807, 2.05) is 12.3 Å². The molecule has 0 aliphatic carbocycles. The third kappa shape index (κ3) is 4.91. The van der Waals surface area contributed by atoms with E-state index in [4.69, 9.17) is 9.72 Å². The van der Waals surface area contributed by atoms with Crippen molar-refractivity contribution in [1.29, 1.82) is 5.26 Å². The fourth-order valence-electron chi connectivity index (χ4n) is 5.86. The Balaban J connectivity index is 0.00000280. The number of pyridine rings is 2. The Bertz CT molecular complexity index is 1300. The second kappa shape index (κ2) is 11.1. The Morgan fingerprint density at radius 3 is 2.70 bits per heavy atom. The summed E-state index contributed by atoms with van der Waals surface area (Å²) in [5, 5.41) is 14.9. The van der Waals surface area contributed by atoms with E-state index < -0.39 is 0 Å². The highest BCUT2D eigenvalue weighted by molar-refractivity contribution is 5.91.